The van der Waals surface area contributed by atoms with Crippen molar-refractivity contribution in [2.24, 2.45) is 0 Å². The van der Waals surface area contributed by atoms with E-state index in [1.807, 2.05) is 0 Å². The number of rotatable bonds is 11. The van der Waals surface area contributed by atoms with Gasteiger partial charge in [0.05, 0.1) is 0 Å². The highest BCUT2D eigenvalue weighted by Crippen LogP contribution is 2.66. The van der Waals surface area contributed by atoms with Gasteiger partial charge < -0.3 is 0 Å². The van der Waals surface area contributed by atoms with Gasteiger partial charge in [-0.1, -0.05) is 0 Å². The molecule has 26 heteroatoms. The predicted molar refractivity (Wildman–Crippen MR) is 67.2 cm³/mol. The maximum atomic E-state index is 13.4. The van der Waals surface area contributed by atoms with E-state index in [0.29, 0.717) is 0 Å². The molecule has 0 bridgehead atoms. The Morgan fingerprint density at radius 1 is 0.282 bits per heavy atom. The van der Waals surface area contributed by atoms with Crippen LogP contribution in [-0.4, -0.2) is 71.7 Å². The maximum absolute atomic E-state index is 13.4. The van der Waals surface area contributed by atoms with Gasteiger partial charge in [0.2, 0.25) is 0 Å². The van der Waals surface area contributed by atoms with Gasteiger partial charge >= 0.3 is 71.7 Å². The Hall–Kier alpha value is -1.79. The summed E-state index contributed by atoms with van der Waals surface area (Å²) in [6, 6.07) is 0. The lowest BCUT2D eigenvalue weighted by atomic mass is 9.87. The van der Waals surface area contributed by atoms with Crippen LogP contribution in [0.4, 0.5) is 110 Å². The van der Waals surface area contributed by atoms with Crippen molar-refractivity contribution in [3.8, 4) is 0 Å². The first-order valence-electron chi connectivity index (χ1n) is 8.13. The molecule has 0 spiro atoms. The summed E-state index contributed by atoms with van der Waals surface area (Å²) in [6.07, 6.45) is -23.6. The van der Waals surface area contributed by atoms with E-state index in [0.717, 1.165) is 0 Å². The summed E-state index contributed by atoms with van der Waals surface area (Å²) in [6.45, 7) is -1.22. The van der Waals surface area contributed by atoms with Crippen LogP contribution in [0.25, 0.3) is 0 Å². The summed E-state index contributed by atoms with van der Waals surface area (Å²) >= 11 is 0. The van der Waals surface area contributed by atoms with Crippen LogP contribution in [0.5, 0.6) is 0 Å². The topological polar surface area (TPSA) is 9.23 Å². The second kappa shape index (κ2) is 8.85. The van der Waals surface area contributed by atoms with E-state index in [9.17, 15) is 110 Å². The van der Waals surface area contributed by atoms with E-state index in [4.69, 9.17) is 0 Å². The van der Waals surface area contributed by atoms with Crippen LogP contribution < -0.4 is 0 Å². The van der Waals surface area contributed by atoms with Gasteiger partial charge in [0, 0.05) is 6.92 Å². The SMILES string of the molecule is CC(F)(F)C(F)(F)OC(F)(F)C(F)(F)C(F)(F)C(F)(F)C(F)(F)C(F)(F)C(F)(F)C(F)(F)C(F)(F)C(F)(F)F. The molecule has 0 atom stereocenters. The third-order valence-corrected chi connectivity index (χ3v) is 4.25. The van der Waals surface area contributed by atoms with Crippen molar-refractivity contribution >= 4 is 0 Å². The third kappa shape index (κ3) is 4.77. The van der Waals surface area contributed by atoms with Gasteiger partial charge in [-0.25, -0.2) is 4.74 Å². The van der Waals surface area contributed by atoms with Crippen molar-refractivity contribution < 1.29 is 114 Å². The molecule has 0 fully saturated rings. The molecule has 39 heavy (non-hydrogen) atoms. The highest BCUT2D eigenvalue weighted by Gasteiger charge is 2.98. The summed E-state index contributed by atoms with van der Waals surface area (Å²) in [5.41, 5.74) is 0. The second-order valence-electron chi connectivity index (χ2n) is 7.12. The van der Waals surface area contributed by atoms with Crippen molar-refractivity contribution in [3.63, 3.8) is 0 Å². The Balaban J connectivity index is 7.11. The first-order chi connectivity index (χ1) is 16.2. The maximum Gasteiger partial charge on any atom is 0.460 e. The number of hydrogen-bond acceptors (Lipinski definition) is 1. The molecule has 0 aliphatic rings. The molecule has 0 aromatic heterocycles. The molecule has 0 saturated heterocycles. The van der Waals surface area contributed by atoms with Gasteiger partial charge in [0.1, 0.15) is 0 Å². The summed E-state index contributed by atoms with van der Waals surface area (Å²) < 4.78 is 325. The minimum atomic E-state index is -9.51. The second-order valence-corrected chi connectivity index (χ2v) is 7.12. The molecule has 0 radical (unpaired) electrons. The van der Waals surface area contributed by atoms with E-state index in [-0.39, 0.29) is 0 Å². The number of ether oxygens (including phenoxy) is 1. The fourth-order valence-electron chi connectivity index (χ4n) is 1.86. The van der Waals surface area contributed by atoms with Gasteiger partial charge in [-0.15, -0.1) is 0 Å². The highest BCUT2D eigenvalue weighted by molar-refractivity contribution is 5.17. The van der Waals surface area contributed by atoms with Crippen LogP contribution >= 0.6 is 0 Å². The summed E-state index contributed by atoms with van der Waals surface area (Å²) in [4.78, 5) is 0. The van der Waals surface area contributed by atoms with Crippen molar-refractivity contribution in [1.82, 2.24) is 0 Å². The fourth-order valence-corrected chi connectivity index (χ4v) is 1.86. The quantitative estimate of drug-likeness (QED) is 0.204. The highest BCUT2D eigenvalue weighted by atomic mass is 19.4. The van der Waals surface area contributed by atoms with Crippen molar-refractivity contribution in [3.05, 3.63) is 0 Å². The summed E-state index contributed by atoms with van der Waals surface area (Å²) in [5, 5.41) is 0. The Morgan fingerprint density at radius 3 is 0.692 bits per heavy atom. The van der Waals surface area contributed by atoms with E-state index in [1.165, 1.54) is 4.74 Å². The van der Waals surface area contributed by atoms with E-state index in [2.05, 4.69) is 0 Å². The molecule has 0 aliphatic heterocycles. The molecule has 236 valence electrons. The van der Waals surface area contributed by atoms with Gasteiger partial charge in [0.15, 0.2) is 0 Å². The molecule has 0 aliphatic carbocycles. The zero-order chi connectivity index (χ0) is 32.7. The molecule has 0 heterocycles. The minimum Gasteiger partial charge on any atom is -0.245 e. The summed E-state index contributed by atoms with van der Waals surface area (Å²) in [5.74, 6) is -79.7. The van der Waals surface area contributed by atoms with Crippen LogP contribution in [0.15, 0.2) is 0 Å². The molecule has 0 N–H and O–H groups in total. The van der Waals surface area contributed by atoms with Crippen molar-refractivity contribution in [2.75, 3.05) is 0 Å². The van der Waals surface area contributed by atoms with Gasteiger partial charge in [0.25, 0.3) is 0 Å². The molecular weight excluding hydrogens is 647 g/mol. The lowest BCUT2D eigenvalue weighted by Crippen LogP contribution is -2.77. The Kier molecular flexibility index (Phi) is 8.45. The van der Waals surface area contributed by atoms with Gasteiger partial charge in [-0.2, -0.15) is 110 Å². The molecule has 0 rings (SSSR count). The normalized spacial score (nSPS) is 17.1. The lowest BCUT2D eigenvalue weighted by Gasteiger charge is -2.44. The monoisotopic (exact) mass is 650 g/mol. The average Bonchev–Trinajstić information content (AvgIpc) is 2.63. The smallest absolute Gasteiger partial charge is 0.245 e. The minimum absolute atomic E-state index is 1.22. The average molecular weight is 650 g/mol. The zero-order valence-electron chi connectivity index (χ0n) is 16.9. The van der Waals surface area contributed by atoms with Crippen LogP contribution in [0.3, 0.4) is 0 Å². The van der Waals surface area contributed by atoms with Gasteiger partial charge in [-0.3, -0.25) is 0 Å². The molecule has 0 aromatic carbocycles. The molecule has 0 amide bonds. The van der Waals surface area contributed by atoms with E-state index >= 15 is 0 Å². The Morgan fingerprint density at radius 2 is 0.487 bits per heavy atom. The molecule has 1 nitrogen and oxygen atoms in total. The van der Waals surface area contributed by atoms with Crippen LogP contribution in [0.2, 0.25) is 0 Å². The predicted octanol–water partition coefficient (Wildman–Crippen LogP) is 8.49. The first kappa shape index (κ1) is 37.2. The molecule has 0 saturated carbocycles. The van der Waals surface area contributed by atoms with Gasteiger partial charge in [-0.05, 0) is 0 Å². The van der Waals surface area contributed by atoms with E-state index < -0.39 is 78.6 Å². The van der Waals surface area contributed by atoms with Crippen molar-refractivity contribution in [2.45, 2.75) is 78.6 Å². The third-order valence-electron chi connectivity index (χ3n) is 4.25. The lowest BCUT2D eigenvalue weighted by molar-refractivity contribution is -0.511. The summed E-state index contributed by atoms with van der Waals surface area (Å²) in [7, 11) is 0. The van der Waals surface area contributed by atoms with Crippen LogP contribution in [0, 0.1) is 0 Å². The van der Waals surface area contributed by atoms with Crippen molar-refractivity contribution in [1.29, 1.82) is 0 Å². The largest absolute Gasteiger partial charge is 0.460 e. The molecule has 0 unspecified atom stereocenters. The number of halogens is 25. The number of hydrogen-bond donors (Lipinski definition) is 0. The Labute approximate surface area is 194 Å². The fraction of sp³-hybridized carbons (Fsp3) is 1.00. The number of alkyl halides is 25. The van der Waals surface area contributed by atoms with Crippen LogP contribution in [0.1, 0.15) is 6.92 Å². The standard InChI is InChI=1S/C13H3F25O/c1-2(14,15)12(35,36)39-13(37,38)10(30,31)8(26,27)6(22,23)4(18,19)3(16,17)5(20,21)7(24,25)9(28,29)11(32,33)34/h1H3. The first-order valence-corrected chi connectivity index (χ1v) is 8.13. The Bertz CT molecular complexity index is 887. The molecule has 0 aromatic rings. The van der Waals surface area contributed by atoms with E-state index in [1.54, 1.807) is 0 Å². The zero-order valence-corrected chi connectivity index (χ0v) is 16.9. The molecular formula is C13H3F25O. The van der Waals surface area contributed by atoms with Crippen LogP contribution in [-0.2, 0) is 4.74 Å².